The van der Waals surface area contributed by atoms with Crippen LogP contribution in [0.2, 0.25) is 0 Å². The quantitative estimate of drug-likeness (QED) is 0.847. The maximum atomic E-state index is 11.7. The van der Waals surface area contributed by atoms with Crippen LogP contribution < -0.4 is 11.1 Å². The van der Waals surface area contributed by atoms with Gasteiger partial charge in [-0.25, -0.2) is 8.42 Å². The van der Waals surface area contributed by atoms with E-state index < -0.39 is 9.84 Å². The lowest BCUT2D eigenvalue weighted by Gasteiger charge is -2.14. The minimum atomic E-state index is -3.33. The van der Waals surface area contributed by atoms with Gasteiger partial charge >= 0.3 is 0 Å². The summed E-state index contributed by atoms with van der Waals surface area (Å²) in [5.74, 6) is 0.423. The fourth-order valence-corrected chi connectivity index (χ4v) is 2.94. The first-order chi connectivity index (χ1) is 9.79. The summed E-state index contributed by atoms with van der Waals surface area (Å²) in [6.07, 6.45) is 1.15. The normalized spacial score (nSPS) is 11.6. The van der Waals surface area contributed by atoms with E-state index in [0.29, 0.717) is 11.6 Å². The van der Waals surface area contributed by atoms with Gasteiger partial charge < -0.3 is 11.1 Å². The number of nitrogens with two attached hydrogens (primary N) is 1. The number of hydrogen-bond acceptors (Lipinski definition) is 4. The Balaban J connectivity index is 2.39. The molecule has 0 atom stereocenters. The Morgan fingerprint density at radius 2 is 1.76 bits per heavy atom. The lowest BCUT2D eigenvalue weighted by Crippen LogP contribution is -2.05. The highest BCUT2D eigenvalue weighted by atomic mass is 32.2. The molecule has 0 saturated carbocycles. The third-order valence-corrected chi connectivity index (χ3v) is 4.45. The summed E-state index contributed by atoms with van der Waals surface area (Å²) >= 11 is 0. The predicted octanol–water partition coefficient (Wildman–Crippen LogP) is 3.54. The van der Waals surface area contributed by atoms with Crippen molar-refractivity contribution in [2.75, 3.05) is 17.3 Å². The smallest absolute Gasteiger partial charge is 0.177 e. The van der Waals surface area contributed by atoms with Gasteiger partial charge in [0.25, 0.3) is 0 Å². The fraction of sp³-hybridized carbons (Fsp3) is 0.250. The van der Waals surface area contributed by atoms with Gasteiger partial charge in [0.1, 0.15) is 0 Å². The molecule has 2 aromatic rings. The maximum absolute atomic E-state index is 11.7. The summed E-state index contributed by atoms with van der Waals surface area (Å²) in [7, 11) is -3.33. The number of anilines is 3. The van der Waals surface area contributed by atoms with Gasteiger partial charge in [0.05, 0.1) is 16.3 Å². The first-order valence-electron chi connectivity index (χ1n) is 6.74. The second-order valence-corrected chi connectivity index (χ2v) is 7.38. The first-order valence-corrected chi connectivity index (χ1v) is 8.63. The molecule has 4 nitrogen and oxygen atoms in total. The molecule has 112 valence electrons. The van der Waals surface area contributed by atoms with Gasteiger partial charge in [0, 0.05) is 11.9 Å². The molecule has 0 unspecified atom stereocenters. The molecule has 21 heavy (non-hydrogen) atoms. The minimum absolute atomic E-state index is 0.146. The molecule has 3 N–H and O–H groups in total. The van der Waals surface area contributed by atoms with E-state index in [-0.39, 0.29) is 10.6 Å². The van der Waals surface area contributed by atoms with Gasteiger partial charge in [-0.05, 0) is 35.7 Å². The van der Waals surface area contributed by atoms with E-state index in [1.807, 2.05) is 18.2 Å². The molecular weight excluding hydrogens is 284 g/mol. The highest BCUT2D eigenvalue weighted by Crippen LogP contribution is 2.30. The molecule has 0 aliphatic carbocycles. The second-order valence-electron chi connectivity index (χ2n) is 5.39. The van der Waals surface area contributed by atoms with Crippen LogP contribution in [-0.4, -0.2) is 14.7 Å². The molecule has 0 spiro atoms. The molecule has 5 heteroatoms. The maximum Gasteiger partial charge on any atom is 0.177 e. The molecule has 0 radical (unpaired) electrons. The summed E-state index contributed by atoms with van der Waals surface area (Å²) in [6, 6.07) is 13.0. The average molecular weight is 304 g/mol. The molecule has 0 aliphatic heterocycles. The summed E-state index contributed by atoms with van der Waals surface area (Å²) < 4.78 is 23.4. The topological polar surface area (TPSA) is 72.2 Å². The van der Waals surface area contributed by atoms with E-state index in [9.17, 15) is 8.42 Å². The molecule has 2 rings (SSSR count). The van der Waals surface area contributed by atoms with Crippen LogP contribution in [0.25, 0.3) is 0 Å². The second kappa shape index (κ2) is 5.77. The third-order valence-electron chi connectivity index (χ3n) is 3.30. The molecule has 2 aromatic carbocycles. The predicted molar refractivity (Wildman–Crippen MR) is 87.8 cm³/mol. The minimum Gasteiger partial charge on any atom is -0.396 e. The molecule has 0 heterocycles. The first kappa shape index (κ1) is 15.4. The van der Waals surface area contributed by atoms with Crippen LogP contribution in [0.3, 0.4) is 0 Å². The van der Waals surface area contributed by atoms with Crippen molar-refractivity contribution >= 4 is 26.9 Å². The Morgan fingerprint density at radius 3 is 2.38 bits per heavy atom. The Kier molecular flexibility index (Phi) is 4.23. The van der Waals surface area contributed by atoms with Crippen LogP contribution in [0.1, 0.15) is 25.3 Å². The number of hydrogen-bond donors (Lipinski definition) is 2. The van der Waals surface area contributed by atoms with E-state index in [1.54, 1.807) is 12.1 Å². The molecular formula is C16H20N2O2S. The van der Waals surface area contributed by atoms with Crippen LogP contribution in [0, 0.1) is 0 Å². The number of nitrogens with one attached hydrogen (secondary N) is 1. The molecule has 0 fully saturated rings. The Bertz CT molecular complexity index is 753. The molecule has 0 aliphatic rings. The van der Waals surface area contributed by atoms with Gasteiger partial charge in [0.15, 0.2) is 9.84 Å². The van der Waals surface area contributed by atoms with Crippen molar-refractivity contribution in [1.29, 1.82) is 0 Å². The van der Waals surface area contributed by atoms with Gasteiger partial charge in [-0.2, -0.15) is 0 Å². The number of rotatable bonds is 4. The van der Waals surface area contributed by atoms with E-state index in [4.69, 9.17) is 5.73 Å². The Labute approximate surface area is 125 Å². The number of nitrogen functional groups attached to an aromatic ring is 1. The van der Waals surface area contributed by atoms with Crippen LogP contribution in [0.15, 0.2) is 47.4 Å². The Hall–Kier alpha value is -2.01. The highest BCUT2D eigenvalue weighted by molar-refractivity contribution is 7.90. The van der Waals surface area contributed by atoms with Crippen molar-refractivity contribution in [3.05, 3.63) is 48.0 Å². The van der Waals surface area contributed by atoms with Crippen molar-refractivity contribution in [3.8, 4) is 0 Å². The van der Waals surface area contributed by atoms with Crippen LogP contribution >= 0.6 is 0 Å². The largest absolute Gasteiger partial charge is 0.396 e. The summed E-state index contributed by atoms with van der Waals surface area (Å²) in [5.41, 5.74) is 8.91. The van der Waals surface area contributed by atoms with Gasteiger partial charge in [-0.1, -0.05) is 32.0 Å². The van der Waals surface area contributed by atoms with Crippen molar-refractivity contribution in [3.63, 3.8) is 0 Å². The van der Waals surface area contributed by atoms with E-state index in [2.05, 4.69) is 25.2 Å². The van der Waals surface area contributed by atoms with Crippen LogP contribution in [0.4, 0.5) is 17.1 Å². The molecule has 0 amide bonds. The number of benzene rings is 2. The number of para-hydroxylation sites is 1. The lowest BCUT2D eigenvalue weighted by atomic mass is 10.0. The zero-order chi connectivity index (χ0) is 15.6. The van der Waals surface area contributed by atoms with E-state index >= 15 is 0 Å². The lowest BCUT2D eigenvalue weighted by molar-refractivity contribution is 0.602. The van der Waals surface area contributed by atoms with Crippen molar-refractivity contribution < 1.29 is 8.42 Å². The van der Waals surface area contributed by atoms with E-state index in [1.165, 1.54) is 11.6 Å². The fourth-order valence-electron chi connectivity index (χ4n) is 2.11. The van der Waals surface area contributed by atoms with Gasteiger partial charge in [-0.3, -0.25) is 0 Å². The van der Waals surface area contributed by atoms with Gasteiger partial charge in [-0.15, -0.1) is 0 Å². The summed E-state index contributed by atoms with van der Waals surface area (Å²) in [6.45, 7) is 4.25. The Morgan fingerprint density at radius 1 is 1.10 bits per heavy atom. The number of sulfone groups is 1. The molecule has 0 saturated heterocycles. The third kappa shape index (κ3) is 3.55. The summed E-state index contributed by atoms with van der Waals surface area (Å²) in [4.78, 5) is 0.146. The van der Waals surface area contributed by atoms with Gasteiger partial charge in [0.2, 0.25) is 0 Å². The average Bonchev–Trinajstić information content (AvgIpc) is 2.40. The SMILES string of the molecule is CC(C)c1cccc(Nc2cccc(S(C)(=O)=O)c2N)c1. The zero-order valence-corrected chi connectivity index (χ0v) is 13.2. The monoisotopic (exact) mass is 304 g/mol. The van der Waals surface area contributed by atoms with Crippen LogP contribution in [0.5, 0.6) is 0 Å². The highest BCUT2D eigenvalue weighted by Gasteiger charge is 2.14. The van der Waals surface area contributed by atoms with Crippen molar-refractivity contribution in [2.45, 2.75) is 24.7 Å². The van der Waals surface area contributed by atoms with Crippen molar-refractivity contribution in [1.82, 2.24) is 0 Å². The molecule has 0 bridgehead atoms. The standard InChI is InChI=1S/C16H20N2O2S/c1-11(2)12-6-4-7-13(10-12)18-14-8-5-9-15(16(14)17)21(3,19)20/h4-11,18H,17H2,1-3H3. The van der Waals surface area contributed by atoms with E-state index in [0.717, 1.165) is 11.9 Å². The van der Waals surface area contributed by atoms with Crippen LogP contribution in [-0.2, 0) is 9.84 Å². The molecule has 0 aromatic heterocycles. The zero-order valence-electron chi connectivity index (χ0n) is 12.4. The van der Waals surface area contributed by atoms with Crippen molar-refractivity contribution in [2.24, 2.45) is 0 Å². The summed E-state index contributed by atoms with van der Waals surface area (Å²) in [5, 5.41) is 3.19.